The average molecular weight is 326 g/mol. The van der Waals surface area contributed by atoms with Crippen LogP contribution in [0.5, 0.6) is 5.88 Å². The summed E-state index contributed by atoms with van der Waals surface area (Å²) in [7, 11) is 0. The summed E-state index contributed by atoms with van der Waals surface area (Å²) in [6.45, 7) is 0. The number of benzene rings is 1. The molecule has 0 bridgehead atoms. The van der Waals surface area contributed by atoms with Crippen LogP contribution < -0.4 is 4.80 Å². The van der Waals surface area contributed by atoms with Crippen LogP contribution in [0.15, 0.2) is 40.8 Å². The highest BCUT2D eigenvalue weighted by molar-refractivity contribution is 7.13. The Morgan fingerprint density at radius 3 is 2.95 bits per heavy atom. The number of aromatic hydroxyl groups is 1. The van der Waals surface area contributed by atoms with Crippen LogP contribution in [0.3, 0.4) is 0 Å². The van der Waals surface area contributed by atoms with Crippen LogP contribution in [-0.2, 0) is 0 Å². The number of allylic oxidation sites excluding steroid dienone is 1. The molecule has 1 aliphatic heterocycles. The molecule has 5 nitrogen and oxygen atoms in total. The molecule has 1 aromatic carbocycles. The van der Waals surface area contributed by atoms with E-state index in [1.165, 1.54) is 27.2 Å². The van der Waals surface area contributed by atoms with E-state index >= 15 is 0 Å². The maximum absolute atomic E-state index is 10.4. The molecule has 0 amide bonds. The molecule has 0 fully saturated rings. The zero-order valence-corrected chi connectivity index (χ0v) is 12.9. The number of hydrogen-bond acceptors (Lipinski definition) is 6. The van der Waals surface area contributed by atoms with E-state index in [-0.39, 0.29) is 10.7 Å². The number of aromatic nitrogens is 2. The first-order valence-corrected chi connectivity index (χ1v) is 8.18. The number of para-hydroxylation sites is 1. The Bertz CT molecular complexity index is 964. The van der Waals surface area contributed by atoms with Gasteiger partial charge in [-0.2, -0.15) is 0 Å². The van der Waals surface area contributed by atoms with E-state index in [1.807, 2.05) is 35.7 Å². The number of nitrogens with zero attached hydrogens (tertiary/aromatic N) is 3. The SMILES string of the molecule is N=c1sc(C=C2C=Nc3ccccc32)c(O)n1-c1nccs1. The monoisotopic (exact) mass is 326 g/mol. The van der Waals surface area contributed by atoms with Crippen molar-refractivity contribution < 1.29 is 5.11 Å². The zero-order valence-electron chi connectivity index (χ0n) is 11.2. The number of hydrogen-bond donors (Lipinski definition) is 2. The summed E-state index contributed by atoms with van der Waals surface area (Å²) in [5, 5.41) is 20.9. The molecule has 1 aliphatic rings. The minimum absolute atomic E-state index is 0.0373. The van der Waals surface area contributed by atoms with Crippen molar-refractivity contribution >= 4 is 46.2 Å². The Hall–Kier alpha value is -2.51. The van der Waals surface area contributed by atoms with Gasteiger partial charge in [0.25, 0.3) is 0 Å². The van der Waals surface area contributed by atoms with Gasteiger partial charge in [-0.05, 0) is 12.1 Å². The lowest BCUT2D eigenvalue weighted by molar-refractivity contribution is 0.438. The van der Waals surface area contributed by atoms with Crippen molar-refractivity contribution in [2.45, 2.75) is 0 Å². The fourth-order valence-corrected chi connectivity index (χ4v) is 3.84. The van der Waals surface area contributed by atoms with Gasteiger partial charge in [0.05, 0.1) is 10.6 Å². The first-order valence-electron chi connectivity index (χ1n) is 6.48. The van der Waals surface area contributed by atoms with Gasteiger partial charge in [-0.15, -0.1) is 11.3 Å². The van der Waals surface area contributed by atoms with E-state index in [4.69, 9.17) is 5.41 Å². The molecule has 7 heteroatoms. The van der Waals surface area contributed by atoms with Crippen LogP contribution in [0.2, 0.25) is 0 Å². The van der Waals surface area contributed by atoms with E-state index in [9.17, 15) is 5.11 Å². The lowest BCUT2D eigenvalue weighted by atomic mass is 10.1. The molecule has 2 N–H and O–H groups in total. The molecule has 0 aliphatic carbocycles. The Kier molecular flexibility index (Phi) is 3.02. The van der Waals surface area contributed by atoms with Crippen molar-refractivity contribution in [3.63, 3.8) is 0 Å². The lowest BCUT2D eigenvalue weighted by Crippen LogP contribution is -2.09. The van der Waals surface area contributed by atoms with Crippen molar-refractivity contribution in [2.75, 3.05) is 0 Å². The zero-order chi connectivity index (χ0) is 15.1. The first-order chi connectivity index (χ1) is 10.7. The highest BCUT2D eigenvalue weighted by Gasteiger charge is 2.16. The highest BCUT2D eigenvalue weighted by Crippen LogP contribution is 2.34. The molecule has 3 aromatic rings. The van der Waals surface area contributed by atoms with Crippen molar-refractivity contribution in [3.8, 4) is 11.0 Å². The molecule has 0 saturated heterocycles. The fourth-order valence-electron chi connectivity index (χ4n) is 2.29. The maximum Gasteiger partial charge on any atom is 0.217 e. The van der Waals surface area contributed by atoms with E-state index in [0.717, 1.165) is 16.8 Å². The largest absolute Gasteiger partial charge is 0.493 e. The predicted octanol–water partition coefficient (Wildman–Crippen LogP) is 3.44. The molecule has 0 atom stereocenters. The summed E-state index contributed by atoms with van der Waals surface area (Å²) in [5.41, 5.74) is 2.88. The van der Waals surface area contributed by atoms with Crippen molar-refractivity contribution in [1.82, 2.24) is 9.55 Å². The van der Waals surface area contributed by atoms with Gasteiger partial charge in [0, 0.05) is 28.9 Å². The molecule has 0 saturated carbocycles. The lowest BCUT2D eigenvalue weighted by Gasteiger charge is -2.00. The third-order valence-electron chi connectivity index (χ3n) is 3.30. The summed E-state index contributed by atoms with van der Waals surface area (Å²) >= 11 is 2.59. The standard InChI is InChI=1S/C15H10N4OS2/c16-14-19(15-17-5-6-21-15)13(20)12(22-14)7-9-8-18-11-4-2-1-3-10(9)11/h1-8,16,20H. The summed E-state index contributed by atoms with van der Waals surface area (Å²) < 4.78 is 1.44. The quantitative estimate of drug-likeness (QED) is 0.757. The van der Waals surface area contributed by atoms with Crippen molar-refractivity contribution in [1.29, 1.82) is 5.41 Å². The third kappa shape index (κ3) is 2.02. The smallest absolute Gasteiger partial charge is 0.217 e. The van der Waals surface area contributed by atoms with Gasteiger partial charge in [0.2, 0.25) is 5.88 Å². The highest BCUT2D eigenvalue weighted by atomic mass is 32.1. The summed E-state index contributed by atoms with van der Waals surface area (Å²) in [4.78, 5) is 9.36. The van der Waals surface area contributed by atoms with Crippen LogP contribution in [0.25, 0.3) is 16.8 Å². The van der Waals surface area contributed by atoms with Gasteiger partial charge in [0.15, 0.2) is 9.93 Å². The molecule has 3 heterocycles. The maximum atomic E-state index is 10.4. The minimum atomic E-state index is 0.0373. The fraction of sp³-hybridized carbons (Fsp3) is 0. The van der Waals surface area contributed by atoms with Crippen LogP contribution in [-0.4, -0.2) is 20.9 Å². The second kappa shape index (κ2) is 5.04. The second-order valence-electron chi connectivity index (χ2n) is 4.62. The minimum Gasteiger partial charge on any atom is -0.493 e. The molecule has 2 aromatic heterocycles. The summed E-state index contributed by atoms with van der Waals surface area (Å²) in [5.74, 6) is 0.0373. The molecule has 22 heavy (non-hydrogen) atoms. The van der Waals surface area contributed by atoms with E-state index in [2.05, 4.69) is 9.98 Å². The van der Waals surface area contributed by atoms with E-state index < -0.39 is 0 Å². The molecule has 4 rings (SSSR count). The number of thiazole rings is 2. The van der Waals surface area contributed by atoms with Crippen LogP contribution in [0.4, 0.5) is 5.69 Å². The Morgan fingerprint density at radius 2 is 2.14 bits per heavy atom. The number of aliphatic imine (C=N–C) groups is 1. The van der Waals surface area contributed by atoms with Crippen LogP contribution >= 0.6 is 22.7 Å². The molecular formula is C15H10N4OS2. The Labute approximate surface area is 133 Å². The van der Waals surface area contributed by atoms with Gasteiger partial charge >= 0.3 is 0 Å². The van der Waals surface area contributed by atoms with Gasteiger partial charge in [-0.1, -0.05) is 29.5 Å². The third-order valence-corrected chi connectivity index (χ3v) is 4.95. The Balaban J connectivity index is 1.83. The second-order valence-corrected chi connectivity index (χ2v) is 6.52. The van der Waals surface area contributed by atoms with E-state index in [0.29, 0.717) is 10.0 Å². The van der Waals surface area contributed by atoms with Crippen LogP contribution in [0.1, 0.15) is 10.4 Å². The summed E-state index contributed by atoms with van der Waals surface area (Å²) in [6.07, 6.45) is 5.29. The molecular weight excluding hydrogens is 316 g/mol. The van der Waals surface area contributed by atoms with Gasteiger partial charge in [0.1, 0.15) is 0 Å². The number of rotatable bonds is 2. The topological polar surface area (TPSA) is 74.3 Å². The molecule has 0 unspecified atom stereocenters. The number of fused-ring (bicyclic) bond motifs is 1. The molecule has 108 valence electrons. The summed E-state index contributed by atoms with van der Waals surface area (Å²) in [6, 6.07) is 7.85. The average Bonchev–Trinajstić information content (AvgIpc) is 3.22. The first kappa shape index (κ1) is 13.2. The molecule has 0 radical (unpaired) electrons. The van der Waals surface area contributed by atoms with Crippen molar-refractivity contribution in [3.05, 3.63) is 51.1 Å². The van der Waals surface area contributed by atoms with Crippen molar-refractivity contribution in [2.24, 2.45) is 4.99 Å². The number of nitrogens with one attached hydrogen (secondary N) is 1. The van der Waals surface area contributed by atoms with Gasteiger partial charge in [-0.25, -0.2) is 9.55 Å². The van der Waals surface area contributed by atoms with Gasteiger partial charge in [-0.3, -0.25) is 10.4 Å². The van der Waals surface area contributed by atoms with Gasteiger partial charge < -0.3 is 5.11 Å². The molecule has 0 spiro atoms. The van der Waals surface area contributed by atoms with E-state index in [1.54, 1.807) is 12.4 Å². The predicted molar refractivity (Wildman–Crippen MR) is 89.3 cm³/mol. The Morgan fingerprint density at radius 1 is 1.27 bits per heavy atom. The van der Waals surface area contributed by atoms with Crippen LogP contribution in [0, 0.1) is 5.41 Å². The normalized spacial score (nSPS) is 14.6.